The number of hydrogen-bond donors (Lipinski definition) is 2. The van der Waals surface area contributed by atoms with Crippen LogP contribution in [0.15, 0.2) is 30.3 Å². The van der Waals surface area contributed by atoms with Crippen LogP contribution in [-0.4, -0.2) is 28.8 Å². The van der Waals surface area contributed by atoms with Gasteiger partial charge in [-0.3, -0.25) is 10.6 Å². The van der Waals surface area contributed by atoms with Crippen LogP contribution in [0.3, 0.4) is 0 Å². The maximum atomic E-state index is 9.97. The van der Waals surface area contributed by atoms with Gasteiger partial charge < -0.3 is 4.90 Å². The van der Waals surface area contributed by atoms with Gasteiger partial charge in [0.1, 0.15) is 12.0 Å². The average Bonchev–Trinajstić information content (AvgIpc) is 2.36. The highest BCUT2D eigenvalue weighted by Crippen LogP contribution is 2.25. The van der Waals surface area contributed by atoms with Crippen molar-refractivity contribution in [1.29, 1.82) is 5.41 Å². The summed E-state index contributed by atoms with van der Waals surface area (Å²) in [4.78, 5) is 2.17. The number of benzene rings is 1. The van der Waals surface area contributed by atoms with Crippen LogP contribution in [0.4, 0.5) is 5.69 Å². The predicted octanol–water partition coefficient (Wildman–Crippen LogP) is 2.69. The molecule has 17 heavy (non-hydrogen) atoms. The summed E-state index contributed by atoms with van der Waals surface area (Å²) >= 11 is 0. The molecule has 0 radical (unpaired) electrons. The second-order valence-electron chi connectivity index (χ2n) is 4.34. The Kier molecular flexibility index (Phi) is 3.64. The monoisotopic (exact) mass is 233 g/mol. The first-order valence-corrected chi connectivity index (χ1v) is 6.11. The van der Waals surface area contributed by atoms with Crippen molar-refractivity contribution in [2.75, 3.05) is 11.4 Å². The zero-order valence-corrected chi connectivity index (χ0v) is 10.1. The molecule has 0 amide bonds. The number of anilines is 1. The van der Waals surface area contributed by atoms with E-state index in [1.807, 2.05) is 30.3 Å². The highest BCUT2D eigenvalue weighted by molar-refractivity contribution is 5.80. The summed E-state index contributed by atoms with van der Waals surface area (Å²) in [5, 5.41) is 18.8. The molecule has 92 valence electrons. The standard InChI is InChI=1S/C13H19N3O/c1-2-6-13-15(10-9-12(14)16(13)17)11-7-4-3-5-8-11/h3-5,7-8,13-14,17H,2,6,9-10H2,1H3. The summed E-state index contributed by atoms with van der Waals surface area (Å²) in [6.07, 6.45) is 2.32. The number of nitrogens with zero attached hydrogens (tertiary/aromatic N) is 2. The molecule has 0 aliphatic carbocycles. The molecule has 4 heteroatoms. The fraction of sp³-hybridized carbons (Fsp3) is 0.462. The Labute approximate surface area is 102 Å². The zero-order chi connectivity index (χ0) is 12.3. The molecule has 2 rings (SSSR count). The molecule has 0 spiro atoms. The molecule has 4 nitrogen and oxygen atoms in total. The SMILES string of the molecule is CCCC1N(O)C(=N)CCN1c1ccccc1. The summed E-state index contributed by atoms with van der Waals surface area (Å²) in [5.41, 5.74) is 1.11. The molecule has 2 N–H and O–H groups in total. The minimum absolute atomic E-state index is 0.108. The topological polar surface area (TPSA) is 50.6 Å². The van der Waals surface area contributed by atoms with Crippen LogP contribution in [0.1, 0.15) is 26.2 Å². The Morgan fingerprint density at radius 2 is 2.06 bits per heavy atom. The first-order valence-electron chi connectivity index (χ1n) is 6.11. The second-order valence-corrected chi connectivity index (χ2v) is 4.34. The molecule has 0 aromatic heterocycles. The third-order valence-electron chi connectivity index (χ3n) is 3.14. The number of para-hydroxylation sites is 1. The quantitative estimate of drug-likeness (QED) is 0.844. The van der Waals surface area contributed by atoms with Crippen molar-refractivity contribution < 1.29 is 5.21 Å². The van der Waals surface area contributed by atoms with E-state index in [2.05, 4.69) is 11.8 Å². The van der Waals surface area contributed by atoms with E-state index in [1.165, 1.54) is 0 Å². The normalized spacial score (nSPS) is 20.8. The van der Waals surface area contributed by atoms with E-state index in [0.717, 1.165) is 30.1 Å². The van der Waals surface area contributed by atoms with Gasteiger partial charge in [0.05, 0.1) is 0 Å². The fourth-order valence-electron chi connectivity index (χ4n) is 2.26. The summed E-state index contributed by atoms with van der Waals surface area (Å²) in [7, 11) is 0. The maximum absolute atomic E-state index is 9.97. The van der Waals surface area contributed by atoms with Gasteiger partial charge in [-0.15, -0.1) is 0 Å². The second kappa shape index (κ2) is 5.19. The average molecular weight is 233 g/mol. The lowest BCUT2D eigenvalue weighted by Gasteiger charge is -2.42. The number of amidine groups is 1. The Morgan fingerprint density at radius 1 is 1.35 bits per heavy atom. The van der Waals surface area contributed by atoms with Gasteiger partial charge in [0.15, 0.2) is 0 Å². The molecule has 1 aromatic rings. The summed E-state index contributed by atoms with van der Waals surface area (Å²) in [5.74, 6) is 0.315. The van der Waals surface area contributed by atoms with Crippen LogP contribution in [0.5, 0.6) is 0 Å². The molecule has 0 saturated carbocycles. The maximum Gasteiger partial charge on any atom is 0.128 e. The number of nitrogens with one attached hydrogen (secondary N) is 1. The molecule has 1 heterocycles. The fourth-order valence-corrected chi connectivity index (χ4v) is 2.26. The van der Waals surface area contributed by atoms with Crippen molar-refractivity contribution in [3.63, 3.8) is 0 Å². The van der Waals surface area contributed by atoms with Crippen molar-refractivity contribution >= 4 is 11.5 Å². The Morgan fingerprint density at radius 3 is 2.71 bits per heavy atom. The van der Waals surface area contributed by atoms with Crippen LogP contribution in [0, 0.1) is 5.41 Å². The van der Waals surface area contributed by atoms with Gasteiger partial charge in [0.2, 0.25) is 0 Å². The van der Waals surface area contributed by atoms with Crippen molar-refractivity contribution in [2.24, 2.45) is 0 Å². The third kappa shape index (κ3) is 2.42. The highest BCUT2D eigenvalue weighted by Gasteiger charge is 2.30. The lowest BCUT2D eigenvalue weighted by Crippen LogP contribution is -2.55. The number of hydrogen-bond acceptors (Lipinski definition) is 3. The van der Waals surface area contributed by atoms with Crippen LogP contribution in [0.25, 0.3) is 0 Å². The molecule has 1 fully saturated rings. The van der Waals surface area contributed by atoms with Gasteiger partial charge in [-0.05, 0) is 18.6 Å². The van der Waals surface area contributed by atoms with Gasteiger partial charge in [-0.1, -0.05) is 31.5 Å². The molecule has 1 saturated heterocycles. The van der Waals surface area contributed by atoms with E-state index in [-0.39, 0.29) is 6.17 Å². The first-order chi connectivity index (χ1) is 8.24. The van der Waals surface area contributed by atoms with Crippen molar-refractivity contribution in [2.45, 2.75) is 32.4 Å². The zero-order valence-electron chi connectivity index (χ0n) is 10.1. The lowest BCUT2D eigenvalue weighted by molar-refractivity contribution is -0.0663. The van der Waals surface area contributed by atoms with E-state index in [4.69, 9.17) is 5.41 Å². The van der Waals surface area contributed by atoms with Crippen molar-refractivity contribution in [3.8, 4) is 0 Å². The predicted molar refractivity (Wildman–Crippen MR) is 68.5 cm³/mol. The number of hydroxylamine groups is 2. The van der Waals surface area contributed by atoms with Crippen LogP contribution >= 0.6 is 0 Å². The van der Waals surface area contributed by atoms with Crippen molar-refractivity contribution in [3.05, 3.63) is 30.3 Å². The Hall–Kier alpha value is -1.55. The first kappa shape index (κ1) is 11.9. The van der Waals surface area contributed by atoms with Gasteiger partial charge in [-0.25, -0.2) is 5.06 Å². The summed E-state index contributed by atoms with van der Waals surface area (Å²) in [6.45, 7) is 2.89. The summed E-state index contributed by atoms with van der Waals surface area (Å²) < 4.78 is 0. The molecule has 1 aliphatic rings. The molecular formula is C13H19N3O. The minimum atomic E-state index is -0.108. The molecule has 0 bridgehead atoms. The van der Waals surface area contributed by atoms with Gasteiger partial charge in [0.25, 0.3) is 0 Å². The molecule has 1 aliphatic heterocycles. The Bertz CT molecular complexity index is 380. The van der Waals surface area contributed by atoms with Gasteiger partial charge in [-0.2, -0.15) is 0 Å². The van der Waals surface area contributed by atoms with Gasteiger partial charge >= 0.3 is 0 Å². The van der Waals surface area contributed by atoms with Crippen LogP contribution < -0.4 is 4.90 Å². The minimum Gasteiger partial charge on any atom is -0.349 e. The molecule has 1 unspecified atom stereocenters. The molecular weight excluding hydrogens is 214 g/mol. The molecule has 1 atom stereocenters. The molecule has 1 aromatic carbocycles. The van der Waals surface area contributed by atoms with Crippen molar-refractivity contribution in [1.82, 2.24) is 5.06 Å². The lowest BCUT2D eigenvalue weighted by atomic mass is 10.1. The van der Waals surface area contributed by atoms with Crippen LogP contribution in [-0.2, 0) is 0 Å². The van der Waals surface area contributed by atoms with Crippen LogP contribution in [0.2, 0.25) is 0 Å². The number of rotatable bonds is 3. The Balaban J connectivity index is 2.23. The van der Waals surface area contributed by atoms with E-state index in [0.29, 0.717) is 12.3 Å². The van der Waals surface area contributed by atoms with E-state index in [9.17, 15) is 5.21 Å². The highest BCUT2D eigenvalue weighted by atomic mass is 16.5. The largest absolute Gasteiger partial charge is 0.349 e. The summed E-state index contributed by atoms with van der Waals surface area (Å²) in [6, 6.07) is 10.1. The van der Waals surface area contributed by atoms with E-state index >= 15 is 0 Å². The van der Waals surface area contributed by atoms with Gasteiger partial charge in [0, 0.05) is 18.7 Å². The van der Waals surface area contributed by atoms with E-state index in [1.54, 1.807) is 0 Å². The smallest absolute Gasteiger partial charge is 0.128 e. The third-order valence-corrected chi connectivity index (χ3v) is 3.14. The van der Waals surface area contributed by atoms with E-state index < -0.39 is 0 Å².